The molecule has 0 atom stereocenters. The zero-order valence-corrected chi connectivity index (χ0v) is 10.9. The summed E-state index contributed by atoms with van der Waals surface area (Å²) in [5, 5.41) is 0. The standard InChI is InChI=1S/C11H12N2O2.C2H6/c1-7-8(2)13-5-4-9(11(14)15-3)6-10(13)12-7;1-2/h4-6H,1-3H3;1-2H3. The maximum absolute atomic E-state index is 11.3. The van der Waals surface area contributed by atoms with Crippen LogP contribution in [-0.4, -0.2) is 22.5 Å². The third-order valence-electron chi connectivity index (χ3n) is 2.52. The molecule has 2 aromatic rings. The second-order valence-electron chi connectivity index (χ2n) is 3.42. The van der Waals surface area contributed by atoms with Gasteiger partial charge >= 0.3 is 5.97 Å². The highest BCUT2D eigenvalue weighted by molar-refractivity contribution is 5.90. The lowest BCUT2D eigenvalue weighted by atomic mass is 10.2. The molecule has 0 unspecified atom stereocenters. The van der Waals surface area contributed by atoms with Crippen molar-refractivity contribution in [2.24, 2.45) is 0 Å². The smallest absolute Gasteiger partial charge is 0.338 e. The Balaban J connectivity index is 0.000000686. The number of pyridine rings is 1. The van der Waals surface area contributed by atoms with Gasteiger partial charge in [0.25, 0.3) is 0 Å². The summed E-state index contributed by atoms with van der Waals surface area (Å²) in [7, 11) is 1.37. The third kappa shape index (κ3) is 2.46. The molecule has 0 radical (unpaired) electrons. The second kappa shape index (κ2) is 5.48. The molecule has 92 valence electrons. The second-order valence-corrected chi connectivity index (χ2v) is 3.42. The molecule has 0 bridgehead atoms. The molecule has 2 heterocycles. The van der Waals surface area contributed by atoms with Gasteiger partial charge in [-0.05, 0) is 26.0 Å². The van der Waals surface area contributed by atoms with Crippen molar-refractivity contribution in [3.05, 3.63) is 35.3 Å². The fourth-order valence-corrected chi connectivity index (χ4v) is 1.53. The van der Waals surface area contributed by atoms with Gasteiger partial charge in [-0.3, -0.25) is 0 Å². The minimum Gasteiger partial charge on any atom is -0.465 e. The van der Waals surface area contributed by atoms with Crippen LogP contribution in [0.5, 0.6) is 0 Å². The first kappa shape index (κ1) is 13.2. The quantitative estimate of drug-likeness (QED) is 0.713. The monoisotopic (exact) mass is 234 g/mol. The summed E-state index contributed by atoms with van der Waals surface area (Å²) >= 11 is 0. The molecule has 4 nitrogen and oxygen atoms in total. The van der Waals surface area contributed by atoms with Crippen LogP contribution in [-0.2, 0) is 4.74 Å². The number of aromatic nitrogens is 2. The van der Waals surface area contributed by atoms with E-state index in [4.69, 9.17) is 0 Å². The first-order valence-corrected chi connectivity index (χ1v) is 5.67. The van der Waals surface area contributed by atoms with Crippen molar-refractivity contribution in [3.8, 4) is 0 Å². The number of rotatable bonds is 1. The summed E-state index contributed by atoms with van der Waals surface area (Å²) in [6.45, 7) is 7.94. The van der Waals surface area contributed by atoms with Crippen LogP contribution in [0.25, 0.3) is 5.65 Å². The Morgan fingerprint density at radius 1 is 1.35 bits per heavy atom. The number of aryl methyl sites for hydroxylation is 2. The lowest BCUT2D eigenvalue weighted by Gasteiger charge is -2.00. The van der Waals surface area contributed by atoms with E-state index in [0.717, 1.165) is 17.0 Å². The maximum Gasteiger partial charge on any atom is 0.338 e. The van der Waals surface area contributed by atoms with Crippen molar-refractivity contribution in [2.45, 2.75) is 27.7 Å². The maximum atomic E-state index is 11.3. The number of ether oxygens (including phenoxy) is 1. The predicted octanol–water partition coefficient (Wildman–Crippen LogP) is 2.76. The van der Waals surface area contributed by atoms with E-state index in [9.17, 15) is 4.79 Å². The van der Waals surface area contributed by atoms with Gasteiger partial charge in [0.15, 0.2) is 0 Å². The van der Waals surface area contributed by atoms with Gasteiger partial charge in [0, 0.05) is 11.9 Å². The lowest BCUT2D eigenvalue weighted by Crippen LogP contribution is -2.02. The molecule has 0 saturated heterocycles. The van der Waals surface area contributed by atoms with Gasteiger partial charge in [0.1, 0.15) is 5.65 Å². The van der Waals surface area contributed by atoms with Gasteiger partial charge in [0.05, 0.1) is 18.4 Å². The van der Waals surface area contributed by atoms with Gasteiger partial charge in [-0.15, -0.1) is 0 Å². The molecule has 0 amide bonds. The van der Waals surface area contributed by atoms with Gasteiger partial charge in [-0.2, -0.15) is 0 Å². The van der Waals surface area contributed by atoms with Crippen LogP contribution in [0.2, 0.25) is 0 Å². The first-order chi connectivity index (χ1) is 8.13. The van der Waals surface area contributed by atoms with Crippen LogP contribution in [0.3, 0.4) is 0 Å². The topological polar surface area (TPSA) is 43.6 Å². The van der Waals surface area contributed by atoms with E-state index in [1.807, 2.05) is 38.3 Å². The third-order valence-corrected chi connectivity index (χ3v) is 2.52. The van der Waals surface area contributed by atoms with Crippen LogP contribution < -0.4 is 0 Å². The molecule has 0 fully saturated rings. The number of carbonyl (C=O) groups is 1. The van der Waals surface area contributed by atoms with Crippen molar-refractivity contribution in [2.75, 3.05) is 7.11 Å². The van der Waals surface area contributed by atoms with E-state index in [-0.39, 0.29) is 5.97 Å². The van der Waals surface area contributed by atoms with Crippen LogP contribution in [0.15, 0.2) is 18.3 Å². The zero-order valence-electron chi connectivity index (χ0n) is 10.9. The molecule has 0 N–H and O–H groups in total. The Morgan fingerprint density at radius 2 is 2.00 bits per heavy atom. The van der Waals surface area contributed by atoms with Gasteiger partial charge < -0.3 is 9.14 Å². The summed E-state index contributed by atoms with van der Waals surface area (Å²) in [5.41, 5.74) is 3.35. The first-order valence-electron chi connectivity index (χ1n) is 5.67. The Kier molecular flexibility index (Phi) is 4.26. The van der Waals surface area contributed by atoms with E-state index in [0.29, 0.717) is 5.56 Å². The molecule has 2 aromatic heterocycles. The van der Waals surface area contributed by atoms with Crippen molar-refractivity contribution in [3.63, 3.8) is 0 Å². The fraction of sp³-hybridized carbons (Fsp3) is 0.385. The van der Waals surface area contributed by atoms with E-state index >= 15 is 0 Å². The highest BCUT2D eigenvalue weighted by Crippen LogP contribution is 2.13. The highest BCUT2D eigenvalue weighted by Gasteiger charge is 2.09. The molecule has 0 aromatic carbocycles. The van der Waals surface area contributed by atoms with Gasteiger partial charge in [-0.25, -0.2) is 9.78 Å². The number of imidazole rings is 1. The number of carbonyl (C=O) groups excluding carboxylic acids is 1. The molecular weight excluding hydrogens is 216 g/mol. The average molecular weight is 234 g/mol. The van der Waals surface area contributed by atoms with Crippen molar-refractivity contribution in [1.82, 2.24) is 9.38 Å². The van der Waals surface area contributed by atoms with E-state index in [2.05, 4.69) is 9.72 Å². The lowest BCUT2D eigenvalue weighted by molar-refractivity contribution is 0.0600. The van der Waals surface area contributed by atoms with Crippen LogP contribution in [0.1, 0.15) is 35.6 Å². The van der Waals surface area contributed by atoms with Crippen molar-refractivity contribution >= 4 is 11.6 Å². The van der Waals surface area contributed by atoms with Crippen LogP contribution in [0.4, 0.5) is 0 Å². The number of methoxy groups -OCH3 is 1. The molecule has 2 rings (SSSR count). The Bertz CT molecular complexity index is 529. The molecular formula is C13H18N2O2. The number of nitrogens with zero attached hydrogens (tertiary/aromatic N) is 2. The molecule has 4 heteroatoms. The van der Waals surface area contributed by atoms with Crippen molar-refractivity contribution in [1.29, 1.82) is 0 Å². The molecule has 17 heavy (non-hydrogen) atoms. The fourth-order valence-electron chi connectivity index (χ4n) is 1.53. The molecule has 0 aliphatic rings. The largest absolute Gasteiger partial charge is 0.465 e. The number of hydrogen-bond acceptors (Lipinski definition) is 3. The Labute approximate surface area is 101 Å². The summed E-state index contributed by atoms with van der Waals surface area (Å²) in [6.07, 6.45) is 1.83. The summed E-state index contributed by atoms with van der Waals surface area (Å²) in [5.74, 6) is -0.337. The van der Waals surface area contributed by atoms with Crippen molar-refractivity contribution < 1.29 is 9.53 Å². The molecule has 0 spiro atoms. The minimum atomic E-state index is -0.337. The predicted molar refractivity (Wildman–Crippen MR) is 67.4 cm³/mol. The van der Waals surface area contributed by atoms with E-state index in [1.165, 1.54) is 7.11 Å². The summed E-state index contributed by atoms with van der Waals surface area (Å²) in [6, 6.07) is 3.46. The van der Waals surface area contributed by atoms with Crippen LogP contribution in [0, 0.1) is 13.8 Å². The van der Waals surface area contributed by atoms with Gasteiger partial charge in [-0.1, -0.05) is 13.8 Å². The summed E-state index contributed by atoms with van der Waals surface area (Å²) in [4.78, 5) is 15.6. The molecule has 0 aliphatic heterocycles. The van der Waals surface area contributed by atoms with E-state index in [1.54, 1.807) is 12.1 Å². The highest BCUT2D eigenvalue weighted by atomic mass is 16.5. The molecule has 0 aliphatic carbocycles. The summed E-state index contributed by atoms with van der Waals surface area (Å²) < 4.78 is 6.59. The zero-order chi connectivity index (χ0) is 13.0. The van der Waals surface area contributed by atoms with Gasteiger partial charge in [0.2, 0.25) is 0 Å². The Morgan fingerprint density at radius 3 is 2.59 bits per heavy atom. The Hall–Kier alpha value is -1.84. The number of hydrogen-bond donors (Lipinski definition) is 0. The van der Waals surface area contributed by atoms with Crippen LogP contribution >= 0.6 is 0 Å². The number of fused-ring (bicyclic) bond motifs is 1. The number of esters is 1. The normalized spacial score (nSPS) is 9.71. The average Bonchev–Trinajstić information content (AvgIpc) is 2.66. The SMILES string of the molecule is CC.COC(=O)c1ccn2c(C)c(C)nc2c1. The van der Waals surface area contributed by atoms with E-state index < -0.39 is 0 Å². The molecule has 0 saturated carbocycles. The minimum absolute atomic E-state index is 0.337.